The predicted molar refractivity (Wildman–Crippen MR) is 66.1 cm³/mol. The molecule has 2 nitrogen and oxygen atoms in total. The molecule has 2 heteroatoms. The Morgan fingerprint density at radius 1 is 1.19 bits per heavy atom. The SMILES string of the molecule is CN1C[C@@H]2CN3CCc4cccc(c43)[C@@H]2C1. The Balaban J connectivity index is 1.87. The summed E-state index contributed by atoms with van der Waals surface area (Å²) in [6.07, 6.45) is 1.26. The average Bonchev–Trinajstić information content (AvgIpc) is 2.84. The highest BCUT2D eigenvalue weighted by Crippen LogP contribution is 2.46. The summed E-state index contributed by atoms with van der Waals surface area (Å²) >= 11 is 0. The standard InChI is InChI=1S/C14H18N2/c1-15-7-11-8-16-6-5-10-3-2-4-12(14(10)16)13(11)9-15/h2-4,11,13H,5-9H2,1H3/t11-,13-/m1/s1. The maximum atomic E-state index is 2.63. The number of rotatable bonds is 0. The topological polar surface area (TPSA) is 6.48 Å². The van der Waals surface area contributed by atoms with E-state index >= 15 is 0 Å². The molecular weight excluding hydrogens is 196 g/mol. The first kappa shape index (κ1) is 9.06. The van der Waals surface area contributed by atoms with E-state index in [2.05, 4.69) is 35.0 Å². The number of benzene rings is 1. The van der Waals surface area contributed by atoms with Crippen LogP contribution in [-0.4, -0.2) is 38.1 Å². The van der Waals surface area contributed by atoms with Crippen LogP contribution in [0.3, 0.4) is 0 Å². The molecule has 1 fully saturated rings. The van der Waals surface area contributed by atoms with Gasteiger partial charge >= 0.3 is 0 Å². The largest absolute Gasteiger partial charge is 0.370 e. The third-order valence-corrected chi connectivity index (χ3v) is 4.60. The molecular formula is C14H18N2. The highest BCUT2D eigenvalue weighted by molar-refractivity contribution is 5.66. The van der Waals surface area contributed by atoms with Crippen LogP contribution in [0.1, 0.15) is 17.0 Å². The summed E-state index contributed by atoms with van der Waals surface area (Å²) in [5, 5.41) is 0. The zero-order valence-corrected chi connectivity index (χ0v) is 9.82. The van der Waals surface area contributed by atoms with Gasteiger partial charge in [0, 0.05) is 37.8 Å². The molecule has 0 aliphatic carbocycles. The zero-order valence-electron chi connectivity index (χ0n) is 9.82. The van der Waals surface area contributed by atoms with Crippen LogP contribution >= 0.6 is 0 Å². The Bertz CT molecular complexity index is 440. The van der Waals surface area contributed by atoms with Crippen LogP contribution < -0.4 is 4.90 Å². The third kappa shape index (κ3) is 1.06. The second-order valence-electron chi connectivity index (χ2n) is 5.64. The fourth-order valence-corrected chi connectivity index (χ4v) is 3.95. The van der Waals surface area contributed by atoms with Gasteiger partial charge in [0.05, 0.1) is 0 Å². The average molecular weight is 214 g/mol. The molecule has 3 heterocycles. The molecule has 0 N–H and O–H groups in total. The van der Waals surface area contributed by atoms with Crippen molar-refractivity contribution in [2.75, 3.05) is 38.1 Å². The van der Waals surface area contributed by atoms with Crippen molar-refractivity contribution in [1.82, 2.24) is 4.90 Å². The highest BCUT2D eigenvalue weighted by Gasteiger charge is 2.40. The lowest BCUT2D eigenvalue weighted by Gasteiger charge is -2.35. The number of para-hydroxylation sites is 1. The highest BCUT2D eigenvalue weighted by atomic mass is 15.2. The maximum absolute atomic E-state index is 2.63. The summed E-state index contributed by atoms with van der Waals surface area (Å²) in [6.45, 7) is 5.08. The number of fused-ring (bicyclic) bond motifs is 2. The van der Waals surface area contributed by atoms with Crippen molar-refractivity contribution >= 4 is 5.69 Å². The molecule has 16 heavy (non-hydrogen) atoms. The van der Waals surface area contributed by atoms with Crippen LogP contribution in [0.4, 0.5) is 5.69 Å². The number of nitrogens with zero attached hydrogens (tertiary/aromatic N) is 2. The molecule has 3 aliphatic rings. The minimum absolute atomic E-state index is 0.800. The molecule has 0 unspecified atom stereocenters. The molecule has 84 valence electrons. The van der Waals surface area contributed by atoms with Crippen LogP contribution in [-0.2, 0) is 6.42 Å². The van der Waals surface area contributed by atoms with E-state index in [-0.39, 0.29) is 0 Å². The van der Waals surface area contributed by atoms with Crippen molar-refractivity contribution < 1.29 is 0 Å². The molecule has 0 aromatic heterocycles. The van der Waals surface area contributed by atoms with E-state index in [9.17, 15) is 0 Å². The summed E-state index contributed by atoms with van der Waals surface area (Å²) in [7, 11) is 2.26. The van der Waals surface area contributed by atoms with Crippen molar-refractivity contribution in [3.8, 4) is 0 Å². The molecule has 0 spiro atoms. The van der Waals surface area contributed by atoms with Crippen LogP contribution in [0.15, 0.2) is 18.2 Å². The number of hydrogen-bond acceptors (Lipinski definition) is 2. The molecule has 0 bridgehead atoms. The number of hydrogen-bond donors (Lipinski definition) is 0. The molecule has 0 radical (unpaired) electrons. The van der Waals surface area contributed by atoms with Gasteiger partial charge in [0.2, 0.25) is 0 Å². The van der Waals surface area contributed by atoms with Gasteiger partial charge in [-0.05, 0) is 30.5 Å². The summed E-state index contributed by atoms with van der Waals surface area (Å²) in [5.74, 6) is 1.67. The number of likely N-dealkylation sites (N-methyl/N-ethyl adjacent to an activating group) is 1. The van der Waals surface area contributed by atoms with Gasteiger partial charge in [-0.3, -0.25) is 0 Å². The van der Waals surface area contributed by atoms with E-state index < -0.39 is 0 Å². The first-order chi connectivity index (χ1) is 7.83. The minimum Gasteiger partial charge on any atom is -0.370 e. The van der Waals surface area contributed by atoms with Crippen molar-refractivity contribution in [3.63, 3.8) is 0 Å². The lowest BCUT2D eigenvalue weighted by atomic mass is 9.83. The molecule has 3 aliphatic heterocycles. The fraction of sp³-hybridized carbons (Fsp3) is 0.571. The van der Waals surface area contributed by atoms with Gasteiger partial charge in [-0.2, -0.15) is 0 Å². The van der Waals surface area contributed by atoms with Crippen molar-refractivity contribution in [3.05, 3.63) is 29.3 Å². The Kier molecular flexibility index (Phi) is 1.70. The summed E-state index contributed by atoms with van der Waals surface area (Å²) in [5.41, 5.74) is 4.82. The third-order valence-electron chi connectivity index (χ3n) is 4.60. The monoisotopic (exact) mass is 214 g/mol. The lowest BCUT2D eigenvalue weighted by Crippen LogP contribution is -2.35. The van der Waals surface area contributed by atoms with Crippen LogP contribution in [0, 0.1) is 5.92 Å². The maximum Gasteiger partial charge on any atom is 0.0435 e. The Hall–Kier alpha value is -1.02. The van der Waals surface area contributed by atoms with E-state index in [1.54, 1.807) is 16.8 Å². The first-order valence-corrected chi connectivity index (χ1v) is 6.38. The molecule has 2 atom stereocenters. The number of anilines is 1. The lowest BCUT2D eigenvalue weighted by molar-refractivity contribution is 0.395. The number of likely N-dealkylation sites (tertiary alicyclic amines) is 1. The van der Waals surface area contributed by atoms with Crippen molar-refractivity contribution in [2.45, 2.75) is 12.3 Å². The molecule has 4 rings (SSSR count). The van der Waals surface area contributed by atoms with Gasteiger partial charge in [-0.1, -0.05) is 18.2 Å². The Morgan fingerprint density at radius 3 is 3.06 bits per heavy atom. The normalized spacial score (nSPS) is 31.7. The van der Waals surface area contributed by atoms with E-state index in [1.165, 1.54) is 32.6 Å². The Labute approximate surface area is 96.9 Å². The van der Waals surface area contributed by atoms with E-state index in [0.29, 0.717) is 0 Å². The van der Waals surface area contributed by atoms with Gasteiger partial charge in [0.15, 0.2) is 0 Å². The van der Waals surface area contributed by atoms with Gasteiger partial charge in [-0.25, -0.2) is 0 Å². The Morgan fingerprint density at radius 2 is 2.12 bits per heavy atom. The van der Waals surface area contributed by atoms with Crippen LogP contribution in [0.2, 0.25) is 0 Å². The fourth-order valence-electron chi connectivity index (χ4n) is 3.95. The van der Waals surface area contributed by atoms with Crippen LogP contribution in [0.5, 0.6) is 0 Å². The quantitative estimate of drug-likeness (QED) is 0.648. The minimum atomic E-state index is 0.800. The zero-order chi connectivity index (χ0) is 10.7. The molecule has 0 amide bonds. The van der Waals surface area contributed by atoms with Crippen molar-refractivity contribution in [1.29, 1.82) is 0 Å². The van der Waals surface area contributed by atoms with E-state index in [4.69, 9.17) is 0 Å². The molecule has 1 aromatic carbocycles. The van der Waals surface area contributed by atoms with Crippen molar-refractivity contribution in [2.24, 2.45) is 5.92 Å². The van der Waals surface area contributed by atoms with E-state index in [0.717, 1.165) is 11.8 Å². The smallest absolute Gasteiger partial charge is 0.0435 e. The van der Waals surface area contributed by atoms with E-state index in [1.807, 2.05) is 0 Å². The first-order valence-electron chi connectivity index (χ1n) is 6.38. The van der Waals surface area contributed by atoms with Crippen LogP contribution in [0.25, 0.3) is 0 Å². The molecule has 0 saturated carbocycles. The summed E-state index contributed by atoms with van der Waals surface area (Å²) in [4.78, 5) is 5.13. The van der Waals surface area contributed by atoms with Gasteiger partial charge in [-0.15, -0.1) is 0 Å². The van der Waals surface area contributed by atoms with Gasteiger partial charge in [0.1, 0.15) is 0 Å². The second kappa shape index (κ2) is 3.01. The summed E-state index contributed by atoms with van der Waals surface area (Å²) < 4.78 is 0. The predicted octanol–water partition coefficient (Wildman–Crippen LogP) is 1.71. The molecule has 1 saturated heterocycles. The molecule has 1 aromatic rings. The van der Waals surface area contributed by atoms with Gasteiger partial charge < -0.3 is 9.80 Å². The van der Waals surface area contributed by atoms with Gasteiger partial charge in [0.25, 0.3) is 0 Å². The second-order valence-corrected chi connectivity index (χ2v) is 5.64. The summed E-state index contributed by atoms with van der Waals surface area (Å²) in [6, 6.07) is 6.95.